The zero-order valence-corrected chi connectivity index (χ0v) is 9.72. The lowest BCUT2D eigenvalue weighted by Crippen LogP contribution is -2.26. The highest BCUT2D eigenvalue weighted by Crippen LogP contribution is 2.14. The first-order valence-electron chi connectivity index (χ1n) is 5.81. The molecular weight excluding hydrogens is 216 g/mol. The predicted octanol–water partition coefficient (Wildman–Crippen LogP) is 2.67. The average molecular weight is 232 g/mol. The second-order valence-electron chi connectivity index (χ2n) is 4.05. The highest BCUT2D eigenvalue weighted by Gasteiger charge is 2.18. The summed E-state index contributed by atoms with van der Waals surface area (Å²) in [7, 11) is 0. The number of benzene rings is 1. The maximum absolute atomic E-state index is 11.9. The van der Waals surface area contributed by atoms with Gasteiger partial charge in [-0.15, -0.1) is 0 Å². The normalized spacial score (nSPS) is 16.5. The van der Waals surface area contributed by atoms with Crippen LogP contribution in [0.3, 0.4) is 0 Å². The molecule has 0 aliphatic carbocycles. The summed E-state index contributed by atoms with van der Waals surface area (Å²) in [5, 5.41) is 0. The lowest BCUT2D eigenvalue weighted by atomic mass is 10.1. The first-order valence-corrected chi connectivity index (χ1v) is 5.81. The third-order valence-corrected chi connectivity index (χ3v) is 2.80. The van der Waals surface area contributed by atoms with Gasteiger partial charge in [0.05, 0.1) is 18.8 Å². The molecule has 1 aliphatic heterocycles. The molecule has 1 heterocycles. The molecule has 90 valence electrons. The van der Waals surface area contributed by atoms with Gasteiger partial charge in [-0.25, -0.2) is 4.79 Å². The van der Waals surface area contributed by atoms with Crippen LogP contribution in [0.1, 0.15) is 28.8 Å². The molecule has 0 bridgehead atoms. The second kappa shape index (κ2) is 5.64. The van der Waals surface area contributed by atoms with Crippen molar-refractivity contribution < 1.29 is 14.3 Å². The Morgan fingerprint density at radius 1 is 1.41 bits per heavy atom. The molecule has 0 unspecified atom stereocenters. The van der Waals surface area contributed by atoms with E-state index >= 15 is 0 Å². The van der Waals surface area contributed by atoms with Crippen LogP contribution >= 0.6 is 0 Å². The molecule has 1 saturated heterocycles. The predicted molar refractivity (Wildman–Crippen MR) is 65.8 cm³/mol. The van der Waals surface area contributed by atoms with E-state index in [1.165, 1.54) is 0 Å². The highest BCUT2D eigenvalue weighted by molar-refractivity contribution is 5.90. The van der Waals surface area contributed by atoms with E-state index in [-0.39, 0.29) is 12.1 Å². The van der Waals surface area contributed by atoms with E-state index in [1.807, 2.05) is 12.1 Å². The van der Waals surface area contributed by atoms with Crippen LogP contribution in [0.25, 0.3) is 6.08 Å². The van der Waals surface area contributed by atoms with Crippen LogP contribution in [-0.4, -0.2) is 25.3 Å². The van der Waals surface area contributed by atoms with Gasteiger partial charge in [0.2, 0.25) is 0 Å². The summed E-state index contributed by atoms with van der Waals surface area (Å²) in [6.45, 7) is 5.02. The smallest absolute Gasteiger partial charge is 0.338 e. The number of carbonyl (C=O) groups is 1. The lowest BCUT2D eigenvalue weighted by molar-refractivity contribution is -0.0159. The van der Waals surface area contributed by atoms with Crippen molar-refractivity contribution in [2.24, 2.45) is 0 Å². The maximum Gasteiger partial charge on any atom is 0.338 e. The Morgan fingerprint density at radius 3 is 2.88 bits per heavy atom. The summed E-state index contributed by atoms with van der Waals surface area (Å²) in [6.07, 6.45) is 3.27. The van der Waals surface area contributed by atoms with Gasteiger partial charge < -0.3 is 9.47 Å². The van der Waals surface area contributed by atoms with Crippen molar-refractivity contribution in [2.75, 3.05) is 13.2 Å². The summed E-state index contributed by atoms with van der Waals surface area (Å²) in [6, 6.07) is 7.28. The second-order valence-corrected chi connectivity index (χ2v) is 4.05. The van der Waals surface area contributed by atoms with Crippen molar-refractivity contribution in [3.63, 3.8) is 0 Å². The van der Waals surface area contributed by atoms with E-state index < -0.39 is 0 Å². The number of hydrogen-bond donors (Lipinski definition) is 0. The average Bonchev–Trinajstić information content (AvgIpc) is 2.40. The van der Waals surface area contributed by atoms with Gasteiger partial charge in [0.15, 0.2) is 0 Å². The zero-order valence-electron chi connectivity index (χ0n) is 9.72. The van der Waals surface area contributed by atoms with E-state index in [0.717, 1.165) is 18.4 Å². The Hall–Kier alpha value is -1.61. The molecule has 1 aromatic rings. The Balaban J connectivity index is 2.00. The number of esters is 1. The third kappa shape index (κ3) is 3.17. The summed E-state index contributed by atoms with van der Waals surface area (Å²) in [5.74, 6) is -0.263. The van der Waals surface area contributed by atoms with Crippen molar-refractivity contribution in [1.29, 1.82) is 0 Å². The monoisotopic (exact) mass is 232 g/mol. The van der Waals surface area contributed by atoms with Crippen LogP contribution < -0.4 is 0 Å². The van der Waals surface area contributed by atoms with Crippen molar-refractivity contribution in [3.8, 4) is 0 Å². The van der Waals surface area contributed by atoms with Crippen LogP contribution in [0.15, 0.2) is 30.8 Å². The van der Waals surface area contributed by atoms with Gasteiger partial charge in [-0.05, 0) is 17.7 Å². The minimum Gasteiger partial charge on any atom is -0.459 e. The van der Waals surface area contributed by atoms with Crippen LogP contribution in [0.5, 0.6) is 0 Å². The molecule has 3 nitrogen and oxygen atoms in total. The lowest BCUT2D eigenvalue weighted by Gasteiger charge is -2.22. The fourth-order valence-electron chi connectivity index (χ4n) is 1.81. The summed E-state index contributed by atoms with van der Waals surface area (Å²) in [5.41, 5.74) is 1.50. The van der Waals surface area contributed by atoms with Crippen LogP contribution in [0.4, 0.5) is 0 Å². The summed E-state index contributed by atoms with van der Waals surface area (Å²) in [4.78, 5) is 11.9. The topological polar surface area (TPSA) is 35.5 Å². The Labute approximate surface area is 101 Å². The standard InChI is InChI=1S/C14H16O3/c1-2-11-4-3-5-12(10-11)14(15)17-13-6-8-16-9-7-13/h2-5,10,13H,1,6-9H2. The fraction of sp³-hybridized carbons (Fsp3) is 0.357. The molecule has 0 radical (unpaired) electrons. The Morgan fingerprint density at radius 2 is 2.18 bits per heavy atom. The minimum atomic E-state index is -0.263. The number of hydrogen-bond acceptors (Lipinski definition) is 3. The molecule has 1 aliphatic rings. The van der Waals surface area contributed by atoms with Gasteiger partial charge in [0.25, 0.3) is 0 Å². The first kappa shape index (κ1) is 11.9. The molecule has 17 heavy (non-hydrogen) atoms. The van der Waals surface area contributed by atoms with Crippen LogP contribution in [0.2, 0.25) is 0 Å². The van der Waals surface area contributed by atoms with Crippen molar-refractivity contribution in [1.82, 2.24) is 0 Å². The minimum absolute atomic E-state index is 0.0105. The van der Waals surface area contributed by atoms with Gasteiger partial charge in [0, 0.05) is 12.8 Å². The van der Waals surface area contributed by atoms with Gasteiger partial charge >= 0.3 is 5.97 Å². The molecule has 2 rings (SSSR count). The fourth-order valence-corrected chi connectivity index (χ4v) is 1.81. The van der Waals surface area contributed by atoms with E-state index in [2.05, 4.69) is 6.58 Å². The van der Waals surface area contributed by atoms with E-state index in [4.69, 9.17) is 9.47 Å². The number of carbonyl (C=O) groups excluding carboxylic acids is 1. The first-order chi connectivity index (χ1) is 8.29. The molecule has 0 aromatic heterocycles. The van der Waals surface area contributed by atoms with Crippen molar-refractivity contribution in [3.05, 3.63) is 42.0 Å². The van der Waals surface area contributed by atoms with E-state index in [0.29, 0.717) is 18.8 Å². The third-order valence-electron chi connectivity index (χ3n) is 2.80. The molecule has 0 atom stereocenters. The SMILES string of the molecule is C=Cc1cccc(C(=O)OC2CCOCC2)c1. The van der Waals surface area contributed by atoms with Gasteiger partial charge in [-0.1, -0.05) is 24.8 Å². The van der Waals surface area contributed by atoms with Crippen molar-refractivity contribution in [2.45, 2.75) is 18.9 Å². The van der Waals surface area contributed by atoms with Crippen molar-refractivity contribution >= 4 is 12.0 Å². The van der Waals surface area contributed by atoms with Gasteiger partial charge in [-0.2, -0.15) is 0 Å². The molecule has 0 spiro atoms. The molecule has 3 heteroatoms. The van der Waals surface area contributed by atoms with Crippen LogP contribution in [0, 0.1) is 0 Å². The molecule has 1 fully saturated rings. The maximum atomic E-state index is 11.9. The molecule has 0 amide bonds. The highest BCUT2D eigenvalue weighted by atomic mass is 16.6. The molecule has 0 saturated carbocycles. The quantitative estimate of drug-likeness (QED) is 0.751. The Bertz CT molecular complexity index is 406. The summed E-state index contributed by atoms with van der Waals surface area (Å²) < 4.78 is 10.6. The molecule has 0 N–H and O–H groups in total. The summed E-state index contributed by atoms with van der Waals surface area (Å²) >= 11 is 0. The number of ether oxygens (including phenoxy) is 2. The van der Waals surface area contributed by atoms with E-state index in [1.54, 1.807) is 18.2 Å². The van der Waals surface area contributed by atoms with Gasteiger partial charge in [-0.3, -0.25) is 0 Å². The molecular formula is C14H16O3. The van der Waals surface area contributed by atoms with Crippen LogP contribution in [-0.2, 0) is 9.47 Å². The van der Waals surface area contributed by atoms with E-state index in [9.17, 15) is 4.79 Å². The van der Waals surface area contributed by atoms with Gasteiger partial charge in [0.1, 0.15) is 6.10 Å². The largest absolute Gasteiger partial charge is 0.459 e. The molecule has 1 aromatic carbocycles. The zero-order chi connectivity index (χ0) is 12.1. The Kier molecular flexibility index (Phi) is 3.94. The number of rotatable bonds is 3.